The second-order valence-electron chi connectivity index (χ2n) is 1.65. The highest BCUT2D eigenvalue weighted by Gasteiger charge is 1.84. The predicted octanol–water partition coefficient (Wildman–Crippen LogP) is 2.90. The van der Waals surface area contributed by atoms with Crippen molar-refractivity contribution >= 4 is 15.9 Å². The maximum absolute atomic E-state index is 3.77. The Morgan fingerprint density at radius 3 is 2.62 bits per heavy atom. The molecule has 0 atom stereocenters. The fraction of sp³-hybridized carbons (Fsp3) is 0.429. The lowest BCUT2D eigenvalue weighted by Crippen LogP contribution is -1.76. The van der Waals surface area contributed by atoms with Crippen LogP contribution in [0, 0.1) is 0 Å². The molecule has 0 aliphatic rings. The van der Waals surface area contributed by atoms with Gasteiger partial charge in [-0.2, -0.15) is 0 Å². The van der Waals surface area contributed by atoms with Crippen LogP contribution in [-0.2, 0) is 0 Å². The summed E-state index contributed by atoms with van der Waals surface area (Å²) in [6, 6.07) is 0. The van der Waals surface area contributed by atoms with Gasteiger partial charge in [-0.25, -0.2) is 0 Å². The van der Waals surface area contributed by atoms with E-state index in [0.717, 1.165) is 23.7 Å². The molecule has 0 amide bonds. The van der Waals surface area contributed by atoms with Crippen LogP contribution in [0.15, 0.2) is 24.8 Å². The van der Waals surface area contributed by atoms with Gasteiger partial charge in [-0.05, 0) is 12.8 Å². The standard InChI is InChI=1S/C7H11Br/c1-3-7(2)5-4-6-8/h3H,1-2,4-6H2. The van der Waals surface area contributed by atoms with Gasteiger partial charge in [0.15, 0.2) is 0 Å². The van der Waals surface area contributed by atoms with Gasteiger partial charge in [-0.1, -0.05) is 40.7 Å². The highest BCUT2D eigenvalue weighted by atomic mass is 79.9. The molecule has 8 heavy (non-hydrogen) atoms. The third kappa shape index (κ3) is 4.13. The number of alkyl halides is 1. The molecule has 0 rings (SSSR count). The fourth-order valence-corrected chi connectivity index (χ4v) is 0.676. The molecule has 0 aliphatic heterocycles. The molecule has 0 bridgehead atoms. The van der Waals surface area contributed by atoms with Gasteiger partial charge < -0.3 is 0 Å². The van der Waals surface area contributed by atoms with Gasteiger partial charge in [-0.15, -0.1) is 0 Å². The van der Waals surface area contributed by atoms with Gasteiger partial charge in [0.2, 0.25) is 0 Å². The molecule has 0 aromatic carbocycles. The van der Waals surface area contributed by atoms with E-state index in [9.17, 15) is 0 Å². The minimum atomic E-state index is 1.06. The van der Waals surface area contributed by atoms with Crippen molar-refractivity contribution in [2.24, 2.45) is 0 Å². The number of allylic oxidation sites excluding steroid dienone is 2. The van der Waals surface area contributed by atoms with Crippen LogP contribution in [0.5, 0.6) is 0 Å². The average molecular weight is 175 g/mol. The molecule has 0 aliphatic carbocycles. The normalized spacial score (nSPS) is 8.62. The maximum atomic E-state index is 3.77. The first kappa shape index (κ1) is 7.96. The number of hydrogen-bond donors (Lipinski definition) is 0. The lowest BCUT2D eigenvalue weighted by Gasteiger charge is -1.92. The Morgan fingerprint density at radius 2 is 2.25 bits per heavy atom. The van der Waals surface area contributed by atoms with Gasteiger partial charge in [0.05, 0.1) is 0 Å². The molecular formula is C7H11Br. The molecular weight excluding hydrogens is 164 g/mol. The summed E-state index contributed by atoms with van der Waals surface area (Å²) in [4.78, 5) is 0. The van der Waals surface area contributed by atoms with E-state index >= 15 is 0 Å². The third-order valence-electron chi connectivity index (χ3n) is 0.920. The van der Waals surface area contributed by atoms with Crippen molar-refractivity contribution in [3.05, 3.63) is 24.8 Å². The first-order chi connectivity index (χ1) is 3.81. The van der Waals surface area contributed by atoms with E-state index in [2.05, 4.69) is 29.1 Å². The molecule has 0 unspecified atom stereocenters. The molecule has 0 saturated carbocycles. The molecule has 0 heterocycles. The first-order valence-electron chi connectivity index (χ1n) is 2.67. The molecule has 0 aromatic rings. The van der Waals surface area contributed by atoms with Crippen molar-refractivity contribution in [3.63, 3.8) is 0 Å². The van der Waals surface area contributed by atoms with E-state index in [0.29, 0.717) is 0 Å². The molecule has 0 fully saturated rings. The lowest BCUT2D eigenvalue weighted by atomic mass is 10.2. The fourth-order valence-electron chi connectivity index (χ4n) is 0.396. The lowest BCUT2D eigenvalue weighted by molar-refractivity contribution is 0.949. The Balaban J connectivity index is 3.11. The van der Waals surface area contributed by atoms with Gasteiger partial charge in [0.25, 0.3) is 0 Å². The van der Waals surface area contributed by atoms with Crippen LogP contribution in [0.25, 0.3) is 0 Å². The minimum Gasteiger partial charge on any atom is -0.0988 e. The predicted molar refractivity (Wildman–Crippen MR) is 42.4 cm³/mol. The van der Waals surface area contributed by atoms with Crippen LogP contribution in [0.1, 0.15) is 12.8 Å². The van der Waals surface area contributed by atoms with Crippen LogP contribution in [0.3, 0.4) is 0 Å². The Kier molecular flexibility index (Phi) is 5.08. The molecule has 0 spiro atoms. The summed E-state index contributed by atoms with van der Waals surface area (Å²) in [5.74, 6) is 0. The highest BCUT2D eigenvalue weighted by Crippen LogP contribution is 2.03. The number of rotatable bonds is 4. The van der Waals surface area contributed by atoms with Gasteiger partial charge in [-0.3, -0.25) is 0 Å². The molecule has 1 heteroatoms. The SMILES string of the molecule is C=CC(=C)CCCBr. The summed E-state index contributed by atoms with van der Waals surface area (Å²) in [5.41, 5.74) is 1.13. The quantitative estimate of drug-likeness (QED) is 0.455. The van der Waals surface area contributed by atoms with E-state index in [1.807, 2.05) is 6.08 Å². The summed E-state index contributed by atoms with van der Waals surface area (Å²) in [5, 5.41) is 1.06. The summed E-state index contributed by atoms with van der Waals surface area (Å²) < 4.78 is 0. The largest absolute Gasteiger partial charge is 0.0988 e. The van der Waals surface area contributed by atoms with Crippen molar-refractivity contribution < 1.29 is 0 Å². The maximum Gasteiger partial charge on any atom is 0.00344 e. The Bertz CT molecular complexity index is 84.4. The molecule has 0 aromatic heterocycles. The van der Waals surface area contributed by atoms with Crippen LogP contribution >= 0.6 is 15.9 Å². The van der Waals surface area contributed by atoms with Crippen LogP contribution < -0.4 is 0 Å². The van der Waals surface area contributed by atoms with Crippen molar-refractivity contribution in [2.45, 2.75) is 12.8 Å². The minimum absolute atomic E-state index is 1.06. The van der Waals surface area contributed by atoms with Gasteiger partial charge >= 0.3 is 0 Å². The van der Waals surface area contributed by atoms with Crippen molar-refractivity contribution in [1.29, 1.82) is 0 Å². The Labute approximate surface area is 59.4 Å². The van der Waals surface area contributed by atoms with Crippen molar-refractivity contribution in [3.8, 4) is 0 Å². The summed E-state index contributed by atoms with van der Waals surface area (Å²) in [6.07, 6.45) is 4.03. The van der Waals surface area contributed by atoms with E-state index in [1.165, 1.54) is 0 Å². The zero-order valence-electron chi connectivity index (χ0n) is 4.99. The Hall–Kier alpha value is -0.0400. The monoisotopic (exact) mass is 174 g/mol. The zero-order chi connectivity index (χ0) is 6.41. The third-order valence-corrected chi connectivity index (χ3v) is 1.48. The summed E-state index contributed by atoms with van der Waals surface area (Å²) in [6.45, 7) is 7.37. The molecule has 46 valence electrons. The topological polar surface area (TPSA) is 0 Å². The van der Waals surface area contributed by atoms with Crippen LogP contribution in [0.4, 0.5) is 0 Å². The van der Waals surface area contributed by atoms with Gasteiger partial charge in [0.1, 0.15) is 0 Å². The second-order valence-corrected chi connectivity index (χ2v) is 2.45. The average Bonchev–Trinajstić information content (AvgIpc) is 1.83. The van der Waals surface area contributed by atoms with E-state index in [4.69, 9.17) is 0 Å². The number of hydrogen-bond acceptors (Lipinski definition) is 0. The Morgan fingerprint density at radius 1 is 1.62 bits per heavy atom. The van der Waals surface area contributed by atoms with Gasteiger partial charge in [0, 0.05) is 5.33 Å². The molecule has 0 N–H and O–H groups in total. The second kappa shape index (κ2) is 5.10. The van der Waals surface area contributed by atoms with E-state index in [1.54, 1.807) is 0 Å². The van der Waals surface area contributed by atoms with E-state index < -0.39 is 0 Å². The molecule has 0 radical (unpaired) electrons. The molecule has 0 saturated heterocycles. The highest BCUT2D eigenvalue weighted by molar-refractivity contribution is 9.09. The summed E-state index contributed by atoms with van der Waals surface area (Å²) in [7, 11) is 0. The van der Waals surface area contributed by atoms with Crippen LogP contribution in [0.2, 0.25) is 0 Å². The summed E-state index contributed by atoms with van der Waals surface area (Å²) >= 11 is 3.33. The zero-order valence-corrected chi connectivity index (χ0v) is 6.58. The first-order valence-corrected chi connectivity index (χ1v) is 3.79. The van der Waals surface area contributed by atoms with Crippen LogP contribution in [-0.4, -0.2) is 5.33 Å². The van der Waals surface area contributed by atoms with E-state index in [-0.39, 0.29) is 0 Å². The smallest absolute Gasteiger partial charge is 0.00344 e. The number of halogens is 1. The van der Waals surface area contributed by atoms with Crippen molar-refractivity contribution in [1.82, 2.24) is 0 Å². The molecule has 0 nitrogen and oxygen atoms in total. The van der Waals surface area contributed by atoms with Crippen molar-refractivity contribution in [2.75, 3.05) is 5.33 Å².